The molecule has 2 N–H and O–H groups in total. The van der Waals surface area contributed by atoms with E-state index in [1.54, 1.807) is 0 Å². The molecule has 0 aromatic heterocycles. The predicted octanol–water partition coefficient (Wildman–Crippen LogP) is 1.47. The van der Waals surface area contributed by atoms with Crippen molar-refractivity contribution in [3.8, 4) is 0 Å². The Morgan fingerprint density at radius 2 is 2.07 bits per heavy atom. The van der Waals surface area contributed by atoms with Crippen LogP contribution in [0.15, 0.2) is 0 Å². The normalized spacial score (nSPS) is 26.5. The smallest absolute Gasteiger partial charge is 0.223 e. The molecule has 1 aliphatic carbocycles. The quantitative estimate of drug-likeness (QED) is 0.750. The van der Waals surface area contributed by atoms with Crippen LogP contribution in [0.25, 0.3) is 0 Å². The Kier molecular flexibility index (Phi) is 4.14. The van der Waals surface area contributed by atoms with Crippen molar-refractivity contribution in [2.24, 2.45) is 23.5 Å². The van der Waals surface area contributed by atoms with E-state index in [2.05, 4.69) is 20.8 Å². The lowest BCUT2D eigenvalue weighted by molar-refractivity contribution is -0.130. The van der Waals surface area contributed by atoms with Gasteiger partial charge in [-0.15, -0.1) is 0 Å². The molecule has 0 bridgehead atoms. The third-order valence-electron chi connectivity index (χ3n) is 3.48. The molecule has 0 aromatic rings. The first kappa shape index (κ1) is 12.5. The molecule has 1 amide bonds. The van der Waals surface area contributed by atoms with Crippen LogP contribution in [0.5, 0.6) is 0 Å². The van der Waals surface area contributed by atoms with E-state index >= 15 is 0 Å². The first-order valence-corrected chi connectivity index (χ1v) is 5.91. The van der Waals surface area contributed by atoms with E-state index in [1.165, 1.54) is 6.42 Å². The summed E-state index contributed by atoms with van der Waals surface area (Å²) in [6, 6.07) is -0.00317. The van der Waals surface area contributed by atoms with E-state index < -0.39 is 0 Å². The molecule has 0 aliphatic heterocycles. The highest BCUT2D eigenvalue weighted by atomic mass is 16.2. The number of nitrogens with two attached hydrogens (primary N) is 1. The van der Waals surface area contributed by atoms with Gasteiger partial charge in [0.1, 0.15) is 0 Å². The molecular formula is C12H24N2O. The molecular weight excluding hydrogens is 188 g/mol. The van der Waals surface area contributed by atoms with Crippen LogP contribution in [-0.2, 0) is 4.79 Å². The predicted molar refractivity (Wildman–Crippen MR) is 62.3 cm³/mol. The Balaban J connectivity index is 2.26. The second kappa shape index (κ2) is 4.97. The van der Waals surface area contributed by atoms with Crippen molar-refractivity contribution in [1.29, 1.82) is 0 Å². The maximum atomic E-state index is 11.8. The number of amides is 1. The molecule has 0 spiro atoms. The van der Waals surface area contributed by atoms with E-state index in [0.29, 0.717) is 12.3 Å². The molecule has 3 heteroatoms. The van der Waals surface area contributed by atoms with Gasteiger partial charge in [-0.3, -0.25) is 4.79 Å². The SMILES string of the molecule is CC(C)C(N)CC(=O)N(C)CC1CC1C. The number of carbonyl (C=O) groups is 1. The van der Waals surface area contributed by atoms with Crippen LogP contribution < -0.4 is 5.73 Å². The summed E-state index contributed by atoms with van der Waals surface area (Å²) in [5.74, 6) is 2.10. The van der Waals surface area contributed by atoms with Gasteiger partial charge in [-0.25, -0.2) is 0 Å². The lowest BCUT2D eigenvalue weighted by atomic mass is 10.0. The van der Waals surface area contributed by atoms with Gasteiger partial charge >= 0.3 is 0 Å². The van der Waals surface area contributed by atoms with Crippen LogP contribution >= 0.6 is 0 Å². The van der Waals surface area contributed by atoms with Crippen LogP contribution in [0.1, 0.15) is 33.6 Å². The van der Waals surface area contributed by atoms with Crippen LogP contribution in [0, 0.1) is 17.8 Å². The number of hydrogen-bond donors (Lipinski definition) is 1. The summed E-state index contributed by atoms with van der Waals surface area (Å²) in [6.45, 7) is 7.26. The van der Waals surface area contributed by atoms with E-state index in [9.17, 15) is 4.79 Å². The molecule has 0 heterocycles. The molecule has 1 aliphatic rings. The molecule has 1 saturated carbocycles. The summed E-state index contributed by atoms with van der Waals surface area (Å²) < 4.78 is 0. The van der Waals surface area contributed by atoms with Crippen molar-refractivity contribution in [3.63, 3.8) is 0 Å². The summed E-state index contributed by atoms with van der Waals surface area (Å²) in [7, 11) is 1.89. The number of carbonyl (C=O) groups excluding carboxylic acids is 1. The van der Waals surface area contributed by atoms with Crippen molar-refractivity contribution >= 4 is 5.91 Å². The number of rotatable bonds is 5. The standard InChI is InChI=1S/C12H24N2O/c1-8(2)11(13)6-12(15)14(4)7-10-5-9(10)3/h8-11H,5-7,13H2,1-4H3. The average Bonchev–Trinajstić information content (AvgIpc) is 2.81. The first-order valence-electron chi connectivity index (χ1n) is 5.91. The highest BCUT2D eigenvalue weighted by Crippen LogP contribution is 2.38. The van der Waals surface area contributed by atoms with Crippen LogP contribution in [0.4, 0.5) is 0 Å². The number of nitrogens with zero attached hydrogens (tertiary/aromatic N) is 1. The second-order valence-corrected chi connectivity index (χ2v) is 5.36. The Hall–Kier alpha value is -0.570. The third-order valence-corrected chi connectivity index (χ3v) is 3.48. The monoisotopic (exact) mass is 212 g/mol. The highest BCUT2D eigenvalue weighted by Gasteiger charge is 2.34. The van der Waals surface area contributed by atoms with Gasteiger partial charge in [0.15, 0.2) is 0 Å². The first-order chi connectivity index (χ1) is 6.91. The van der Waals surface area contributed by atoms with Gasteiger partial charge in [0, 0.05) is 26.1 Å². The topological polar surface area (TPSA) is 46.3 Å². The van der Waals surface area contributed by atoms with Gasteiger partial charge < -0.3 is 10.6 Å². The minimum atomic E-state index is -0.00317. The van der Waals surface area contributed by atoms with Gasteiger partial charge in [0.05, 0.1) is 0 Å². The lowest BCUT2D eigenvalue weighted by Crippen LogP contribution is -2.36. The fourth-order valence-electron chi connectivity index (χ4n) is 1.70. The van der Waals surface area contributed by atoms with Crippen molar-refractivity contribution in [2.75, 3.05) is 13.6 Å². The van der Waals surface area contributed by atoms with E-state index in [1.807, 2.05) is 11.9 Å². The molecule has 0 saturated heterocycles. The average molecular weight is 212 g/mol. The summed E-state index contributed by atoms with van der Waals surface area (Å²) in [5.41, 5.74) is 5.88. The molecule has 3 nitrogen and oxygen atoms in total. The van der Waals surface area contributed by atoms with Gasteiger partial charge in [0.25, 0.3) is 0 Å². The largest absolute Gasteiger partial charge is 0.345 e. The van der Waals surface area contributed by atoms with Gasteiger partial charge in [-0.2, -0.15) is 0 Å². The molecule has 0 radical (unpaired) electrons. The van der Waals surface area contributed by atoms with Crippen molar-refractivity contribution in [2.45, 2.75) is 39.7 Å². The second-order valence-electron chi connectivity index (χ2n) is 5.36. The maximum absolute atomic E-state index is 11.8. The zero-order chi connectivity index (χ0) is 11.6. The fraction of sp³-hybridized carbons (Fsp3) is 0.917. The molecule has 15 heavy (non-hydrogen) atoms. The molecule has 1 fully saturated rings. The zero-order valence-corrected chi connectivity index (χ0v) is 10.4. The molecule has 0 aromatic carbocycles. The van der Waals surface area contributed by atoms with Crippen LogP contribution in [0.3, 0.4) is 0 Å². The molecule has 3 atom stereocenters. The molecule has 1 rings (SSSR count). The van der Waals surface area contributed by atoms with Crippen molar-refractivity contribution < 1.29 is 4.79 Å². The summed E-state index contributed by atoms with van der Waals surface area (Å²) >= 11 is 0. The van der Waals surface area contributed by atoms with E-state index in [4.69, 9.17) is 5.73 Å². The van der Waals surface area contributed by atoms with Gasteiger partial charge in [-0.05, 0) is 24.2 Å². The zero-order valence-electron chi connectivity index (χ0n) is 10.4. The van der Waals surface area contributed by atoms with Crippen LogP contribution in [0.2, 0.25) is 0 Å². The molecule has 3 unspecified atom stereocenters. The maximum Gasteiger partial charge on any atom is 0.223 e. The Morgan fingerprint density at radius 1 is 1.53 bits per heavy atom. The Bertz CT molecular complexity index is 228. The number of hydrogen-bond acceptors (Lipinski definition) is 2. The van der Waals surface area contributed by atoms with Crippen LogP contribution in [-0.4, -0.2) is 30.4 Å². The van der Waals surface area contributed by atoms with E-state index in [0.717, 1.165) is 18.4 Å². The minimum Gasteiger partial charge on any atom is -0.345 e. The fourth-order valence-corrected chi connectivity index (χ4v) is 1.70. The third kappa shape index (κ3) is 3.82. The Morgan fingerprint density at radius 3 is 2.47 bits per heavy atom. The summed E-state index contributed by atoms with van der Waals surface area (Å²) in [5, 5.41) is 0. The Labute approximate surface area is 93.0 Å². The van der Waals surface area contributed by atoms with Gasteiger partial charge in [0.2, 0.25) is 5.91 Å². The van der Waals surface area contributed by atoms with Gasteiger partial charge in [-0.1, -0.05) is 20.8 Å². The summed E-state index contributed by atoms with van der Waals surface area (Å²) in [4.78, 5) is 13.6. The highest BCUT2D eigenvalue weighted by molar-refractivity contribution is 5.76. The molecule has 88 valence electrons. The van der Waals surface area contributed by atoms with Crippen molar-refractivity contribution in [3.05, 3.63) is 0 Å². The summed E-state index contributed by atoms with van der Waals surface area (Å²) in [6.07, 6.45) is 1.75. The van der Waals surface area contributed by atoms with E-state index in [-0.39, 0.29) is 11.9 Å². The van der Waals surface area contributed by atoms with Crippen molar-refractivity contribution in [1.82, 2.24) is 4.90 Å². The minimum absolute atomic E-state index is 0.00317. The lowest BCUT2D eigenvalue weighted by Gasteiger charge is -2.21.